The molecular formula is C21H29O7PS. The van der Waals surface area contributed by atoms with Crippen molar-refractivity contribution in [2.45, 2.75) is 50.9 Å². The van der Waals surface area contributed by atoms with E-state index in [-0.39, 0.29) is 12.8 Å². The first-order chi connectivity index (χ1) is 14.0. The van der Waals surface area contributed by atoms with E-state index in [1.165, 1.54) is 0 Å². The molecule has 0 heterocycles. The Bertz CT molecular complexity index is 982. The van der Waals surface area contributed by atoms with Crippen LogP contribution < -0.4 is 4.74 Å². The van der Waals surface area contributed by atoms with Crippen molar-refractivity contribution in [2.75, 3.05) is 0 Å². The van der Waals surface area contributed by atoms with Crippen LogP contribution in [0.5, 0.6) is 11.5 Å². The molecule has 0 aliphatic rings. The zero-order valence-corrected chi connectivity index (χ0v) is 18.9. The topological polar surface area (TPSA) is 121 Å². The fraction of sp³-hybridized carbons (Fsp3) is 0.429. The number of aryl methyl sites for hydroxylation is 2. The molecule has 2 rings (SSSR count). The van der Waals surface area contributed by atoms with Crippen LogP contribution in [-0.4, -0.2) is 27.7 Å². The maximum atomic E-state index is 11.4. The summed E-state index contributed by atoms with van der Waals surface area (Å²) in [6, 6.07) is 15.1. The first-order valence-electron chi connectivity index (χ1n) is 9.83. The third-order valence-corrected chi connectivity index (χ3v) is 8.33. The van der Waals surface area contributed by atoms with E-state index in [4.69, 9.17) is 9.29 Å². The molecule has 1 atom stereocenters. The van der Waals surface area contributed by atoms with E-state index in [1.807, 2.05) is 42.5 Å². The number of hydrogen-bond donors (Lipinski definition) is 3. The molecule has 2 aromatic rings. The van der Waals surface area contributed by atoms with E-state index in [0.717, 1.165) is 29.7 Å². The zero-order valence-electron chi connectivity index (χ0n) is 17.1. The average Bonchev–Trinajstić information content (AvgIpc) is 2.63. The first-order valence-corrected chi connectivity index (χ1v) is 13.0. The van der Waals surface area contributed by atoms with Gasteiger partial charge in [0.05, 0.1) is 0 Å². The molecule has 0 bridgehead atoms. The van der Waals surface area contributed by atoms with Crippen molar-refractivity contribution < 1.29 is 32.1 Å². The van der Waals surface area contributed by atoms with Crippen molar-refractivity contribution in [2.24, 2.45) is 5.92 Å². The Morgan fingerprint density at radius 2 is 1.40 bits per heavy atom. The highest BCUT2D eigenvalue weighted by atomic mass is 32.2. The van der Waals surface area contributed by atoms with Gasteiger partial charge in [-0.25, -0.2) is 0 Å². The molecule has 1 unspecified atom stereocenters. The van der Waals surface area contributed by atoms with Crippen LogP contribution in [-0.2, 0) is 27.5 Å². The van der Waals surface area contributed by atoms with Gasteiger partial charge in [0.2, 0.25) is 0 Å². The highest BCUT2D eigenvalue weighted by Gasteiger charge is 2.39. The normalized spacial score (nSPS) is 13.4. The predicted molar refractivity (Wildman–Crippen MR) is 116 cm³/mol. The lowest BCUT2D eigenvalue weighted by Crippen LogP contribution is -2.20. The lowest BCUT2D eigenvalue weighted by Gasteiger charge is -2.17. The van der Waals surface area contributed by atoms with Gasteiger partial charge >= 0.3 is 7.60 Å². The van der Waals surface area contributed by atoms with Crippen LogP contribution >= 0.6 is 7.60 Å². The molecule has 3 N–H and O–H groups in total. The molecule has 9 heteroatoms. The molecule has 30 heavy (non-hydrogen) atoms. The summed E-state index contributed by atoms with van der Waals surface area (Å²) in [5.41, 5.74) is 1.88. The van der Waals surface area contributed by atoms with Crippen LogP contribution in [0.1, 0.15) is 44.2 Å². The average molecular weight is 456 g/mol. The van der Waals surface area contributed by atoms with Gasteiger partial charge in [0.1, 0.15) is 11.5 Å². The van der Waals surface area contributed by atoms with Crippen molar-refractivity contribution in [3.8, 4) is 11.5 Å². The van der Waals surface area contributed by atoms with Gasteiger partial charge in [0.15, 0.2) is 4.99 Å². The maximum absolute atomic E-state index is 11.4. The van der Waals surface area contributed by atoms with E-state index >= 15 is 0 Å². The lowest BCUT2D eigenvalue weighted by atomic mass is 10.0. The van der Waals surface area contributed by atoms with Crippen molar-refractivity contribution in [1.29, 1.82) is 0 Å². The summed E-state index contributed by atoms with van der Waals surface area (Å²) in [5.74, 6) is 1.92. The number of rotatable bonds is 11. The van der Waals surface area contributed by atoms with Crippen LogP contribution in [0.4, 0.5) is 0 Å². The van der Waals surface area contributed by atoms with E-state index < -0.39 is 22.7 Å². The molecule has 0 aliphatic carbocycles. The molecule has 0 aliphatic heterocycles. The van der Waals surface area contributed by atoms with E-state index in [0.29, 0.717) is 18.1 Å². The number of benzene rings is 2. The van der Waals surface area contributed by atoms with E-state index in [1.54, 1.807) is 6.07 Å². The van der Waals surface area contributed by atoms with E-state index in [2.05, 4.69) is 13.8 Å². The van der Waals surface area contributed by atoms with Gasteiger partial charge < -0.3 is 14.5 Å². The maximum Gasteiger partial charge on any atom is 0.346 e. The van der Waals surface area contributed by atoms with Crippen molar-refractivity contribution in [1.82, 2.24) is 0 Å². The van der Waals surface area contributed by atoms with Crippen LogP contribution in [0.15, 0.2) is 48.5 Å². The summed E-state index contributed by atoms with van der Waals surface area (Å²) >= 11 is 0. The Morgan fingerprint density at radius 3 is 1.87 bits per heavy atom. The smallest absolute Gasteiger partial charge is 0.346 e. The molecule has 0 fully saturated rings. The Kier molecular flexibility index (Phi) is 8.64. The standard InChI is InChI=1S/C21H29O7PS/c1-16(2)14-15-18-9-4-6-12-20(18)28-19-11-5-3-8-17(19)10-7-13-21(29(22,23)24)30(25,26)27/h3-6,8-9,11-12,16,21H,7,10,13-15H2,1-2H3,(H2,22,23,24)(H,25,26,27). The van der Waals surface area contributed by atoms with Gasteiger partial charge in [-0.1, -0.05) is 50.2 Å². The van der Waals surface area contributed by atoms with Gasteiger partial charge in [-0.15, -0.1) is 0 Å². The molecule has 166 valence electrons. The summed E-state index contributed by atoms with van der Waals surface area (Å²) in [5, 5.41) is 0. The molecule has 2 aromatic carbocycles. The minimum absolute atomic E-state index is 0.158. The molecule has 7 nitrogen and oxygen atoms in total. The van der Waals surface area contributed by atoms with Crippen molar-refractivity contribution in [3.63, 3.8) is 0 Å². The summed E-state index contributed by atoms with van der Waals surface area (Å²) in [6.07, 6.45) is 2.06. The quantitative estimate of drug-likeness (QED) is 0.329. The van der Waals surface area contributed by atoms with Crippen LogP contribution in [0, 0.1) is 5.92 Å². The van der Waals surface area contributed by atoms with Gasteiger partial charge in [0.25, 0.3) is 10.1 Å². The summed E-state index contributed by atoms with van der Waals surface area (Å²) < 4.78 is 49.3. The highest BCUT2D eigenvalue weighted by Crippen LogP contribution is 2.46. The SMILES string of the molecule is CC(C)CCc1ccccc1Oc1ccccc1CCCC(P(=O)(O)O)S(=O)(=O)O. The van der Waals surface area contributed by atoms with Crippen molar-refractivity contribution in [3.05, 3.63) is 59.7 Å². The van der Waals surface area contributed by atoms with Gasteiger partial charge in [-0.3, -0.25) is 9.12 Å². The molecule has 0 radical (unpaired) electrons. The molecule has 0 saturated carbocycles. The second-order valence-corrected chi connectivity index (χ2v) is 11.5. The van der Waals surface area contributed by atoms with Gasteiger partial charge in [0, 0.05) is 0 Å². The Labute approximate surface area is 178 Å². The third kappa shape index (κ3) is 7.52. The number of para-hydroxylation sites is 2. The zero-order chi connectivity index (χ0) is 22.4. The second kappa shape index (κ2) is 10.6. The molecule has 0 spiro atoms. The van der Waals surface area contributed by atoms with Crippen molar-refractivity contribution >= 4 is 17.7 Å². The Hall–Kier alpha value is -1.70. The minimum atomic E-state index is -4.98. The predicted octanol–water partition coefficient (Wildman–Crippen LogP) is 4.78. The van der Waals surface area contributed by atoms with Gasteiger partial charge in [-0.2, -0.15) is 8.42 Å². The molecule has 0 saturated heterocycles. The Morgan fingerprint density at radius 1 is 0.900 bits per heavy atom. The summed E-state index contributed by atoms with van der Waals surface area (Å²) in [7, 11) is -9.83. The second-order valence-electron chi connectivity index (χ2n) is 7.70. The monoisotopic (exact) mass is 456 g/mol. The summed E-state index contributed by atoms with van der Waals surface area (Å²) in [4.78, 5) is 16.3. The van der Waals surface area contributed by atoms with E-state index in [9.17, 15) is 22.8 Å². The highest BCUT2D eigenvalue weighted by molar-refractivity contribution is 7.93. The number of ether oxygens (including phenoxy) is 1. The van der Waals surface area contributed by atoms with Crippen LogP contribution in [0.3, 0.4) is 0 Å². The first kappa shape index (κ1) is 24.6. The lowest BCUT2D eigenvalue weighted by molar-refractivity contribution is 0.360. The Balaban J connectivity index is 2.13. The number of hydrogen-bond acceptors (Lipinski definition) is 4. The molecule has 0 amide bonds. The van der Waals surface area contributed by atoms with Crippen LogP contribution in [0.25, 0.3) is 0 Å². The fourth-order valence-corrected chi connectivity index (χ4v) is 5.51. The molecule has 0 aromatic heterocycles. The minimum Gasteiger partial charge on any atom is -0.457 e. The molecular weight excluding hydrogens is 427 g/mol. The fourth-order valence-electron chi connectivity index (χ4n) is 3.14. The van der Waals surface area contributed by atoms with Gasteiger partial charge in [-0.05, 0) is 61.3 Å². The largest absolute Gasteiger partial charge is 0.457 e. The summed E-state index contributed by atoms with van der Waals surface area (Å²) in [6.45, 7) is 4.33. The van der Waals surface area contributed by atoms with Crippen LogP contribution in [0.2, 0.25) is 0 Å². The third-order valence-electron chi connectivity index (χ3n) is 4.77.